The minimum Gasteiger partial charge on any atom is -0.282 e. The molecule has 3 N–H and O–H groups in total. The van der Waals surface area contributed by atoms with Crippen LogP contribution in [0.4, 0.5) is 10.1 Å². The van der Waals surface area contributed by atoms with Crippen LogP contribution in [0.15, 0.2) is 22.8 Å². The number of rotatable bonds is 6. The zero-order valence-electron chi connectivity index (χ0n) is 12.6. The van der Waals surface area contributed by atoms with E-state index in [4.69, 9.17) is 17.0 Å². The maximum atomic E-state index is 13.2. The van der Waals surface area contributed by atoms with Crippen molar-refractivity contribution >= 4 is 33.1 Å². The minimum absolute atomic E-state index is 0.0175. The van der Waals surface area contributed by atoms with Gasteiger partial charge in [-0.05, 0) is 36.2 Å². The van der Waals surface area contributed by atoms with Crippen LogP contribution in [0.25, 0.3) is 0 Å². The van der Waals surface area contributed by atoms with Crippen LogP contribution in [0.3, 0.4) is 0 Å². The normalized spacial score (nSPS) is 14.5. The summed E-state index contributed by atoms with van der Waals surface area (Å²) < 4.78 is 43.8. The monoisotopic (exact) mass is 389 g/mol. The van der Waals surface area contributed by atoms with Crippen LogP contribution in [0, 0.1) is 11.2 Å². The van der Waals surface area contributed by atoms with Crippen LogP contribution in [0.1, 0.15) is 24.2 Å². The number of hydrogen-bond acceptors (Lipinski definition) is 7. The van der Waals surface area contributed by atoms with Crippen molar-refractivity contribution in [2.24, 2.45) is 0 Å². The third-order valence-electron chi connectivity index (χ3n) is 3.54. The predicted molar refractivity (Wildman–Crippen MR) is 85.6 cm³/mol. The second kappa shape index (κ2) is 6.67. The minimum atomic E-state index is -3.45. The molecule has 1 fully saturated rings. The Kier molecular flexibility index (Phi) is 4.73. The number of halogens is 2. The summed E-state index contributed by atoms with van der Waals surface area (Å²) in [5.74, 6) is -1.21. The van der Waals surface area contributed by atoms with E-state index in [0.29, 0.717) is 17.9 Å². The van der Waals surface area contributed by atoms with Crippen molar-refractivity contribution in [1.29, 1.82) is 5.41 Å². The molecule has 9 nitrogen and oxygen atoms in total. The largest absolute Gasteiger partial charge is 0.282 e. The Bertz CT molecular complexity index is 915. The van der Waals surface area contributed by atoms with Gasteiger partial charge in [-0.25, -0.2) is 27.2 Å². The van der Waals surface area contributed by atoms with Crippen molar-refractivity contribution < 1.29 is 22.6 Å². The molecule has 25 heavy (non-hydrogen) atoms. The maximum Gasteiger partial charge on any atom is 0.214 e. The lowest BCUT2D eigenvalue weighted by atomic mass is 10.2. The van der Waals surface area contributed by atoms with E-state index in [9.17, 15) is 18.0 Å². The first-order chi connectivity index (χ1) is 11.8. The van der Waals surface area contributed by atoms with Gasteiger partial charge in [-0.3, -0.25) is 10.6 Å². The summed E-state index contributed by atoms with van der Waals surface area (Å²) in [4.78, 5) is 0. The molecule has 134 valence electrons. The van der Waals surface area contributed by atoms with Crippen LogP contribution >= 0.6 is 11.6 Å². The smallest absolute Gasteiger partial charge is 0.214 e. The lowest BCUT2D eigenvalue weighted by Crippen LogP contribution is -2.31. The lowest BCUT2D eigenvalue weighted by molar-refractivity contribution is 0.297. The lowest BCUT2D eigenvalue weighted by Gasteiger charge is -2.16. The highest BCUT2D eigenvalue weighted by molar-refractivity contribution is 7.90. The van der Waals surface area contributed by atoms with Gasteiger partial charge in [0.05, 0.1) is 22.5 Å². The third-order valence-corrected chi connectivity index (χ3v) is 5.73. The van der Waals surface area contributed by atoms with Crippen molar-refractivity contribution in [2.75, 3.05) is 5.06 Å². The molecule has 0 bridgehead atoms. The van der Waals surface area contributed by atoms with Crippen molar-refractivity contribution in [2.45, 2.75) is 24.6 Å². The fourth-order valence-electron chi connectivity index (χ4n) is 2.01. The number of aromatic nitrogens is 2. The summed E-state index contributed by atoms with van der Waals surface area (Å²) in [6.45, 7) is -0.238. The maximum absolute atomic E-state index is 13.2. The van der Waals surface area contributed by atoms with Gasteiger partial charge < -0.3 is 0 Å². The van der Waals surface area contributed by atoms with Gasteiger partial charge in [0.1, 0.15) is 11.5 Å². The van der Waals surface area contributed by atoms with E-state index in [0.717, 1.165) is 12.1 Å². The number of nitrogens with one attached hydrogen (secondary N) is 2. The van der Waals surface area contributed by atoms with Gasteiger partial charge in [0.25, 0.3) is 0 Å². The highest BCUT2D eigenvalue weighted by Gasteiger charge is 2.35. The number of benzene rings is 1. The molecule has 0 unspecified atom stereocenters. The molecule has 0 saturated heterocycles. The fraction of sp³-hybridized carbons (Fsp3) is 0.308. The van der Waals surface area contributed by atoms with E-state index in [2.05, 4.69) is 19.7 Å². The molecule has 12 heteroatoms. The fourth-order valence-corrected chi connectivity index (χ4v) is 3.52. The molecule has 0 atom stereocenters. The number of sulfonamides is 1. The number of nitrogens with zero attached hydrogens (tertiary/aromatic N) is 3. The van der Waals surface area contributed by atoms with Gasteiger partial charge >= 0.3 is 0 Å². The van der Waals surface area contributed by atoms with E-state index in [1.54, 1.807) is 0 Å². The van der Waals surface area contributed by atoms with Crippen molar-refractivity contribution in [3.05, 3.63) is 40.4 Å². The molecule has 1 heterocycles. The Balaban J connectivity index is 1.76. The first-order valence-corrected chi connectivity index (χ1v) is 9.05. The molecule has 1 aromatic carbocycles. The first-order valence-electron chi connectivity index (χ1n) is 7.12. The molecule has 1 aromatic heterocycles. The summed E-state index contributed by atoms with van der Waals surface area (Å²) in [5, 5.41) is 24.9. The van der Waals surface area contributed by atoms with E-state index in [1.165, 1.54) is 6.07 Å². The number of amidine groups is 1. The molecule has 0 aliphatic heterocycles. The van der Waals surface area contributed by atoms with E-state index in [-0.39, 0.29) is 28.6 Å². The topological polar surface area (TPSA) is 132 Å². The standard InChI is InChI=1S/C13H13ClFN5O4S/c14-9-5-7(1-4-10(9)15)20(21)13(16)12-11(18-24-19-12)6-17-25(22,23)8-2-3-8/h1,4-5,8,16-17,21H,2-3,6H2. The Labute approximate surface area is 146 Å². The summed E-state index contributed by atoms with van der Waals surface area (Å²) >= 11 is 5.65. The Hall–Kier alpha value is -2.08. The Morgan fingerprint density at radius 1 is 1.48 bits per heavy atom. The third kappa shape index (κ3) is 3.79. The van der Waals surface area contributed by atoms with Gasteiger partial charge in [0.15, 0.2) is 11.5 Å². The van der Waals surface area contributed by atoms with Gasteiger partial charge in [-0.1, -0.05) is 16.8 Å². The number of hydroxylamine groups is 1. The zero-order chi connectivity index (χ0) is 18.2. The van der Waals surface area contributed by atoms with Crippen molar-refractivity contribution in [1.82, 2.24) is 15.0 Å². The second-order valence-electron chi connectivity index (χ2n) is 5.38. The zero-order valence-corrected chi connectivity index (χ0v) is 14.2. The Morgan fingerprint density at radius 3 is 2.84 bits per heavy atom. The summed E-state index contributed by atoms with van der Waals surface area (Å²) in [7, 11) is -3.45. The molecule has 3 rings (SSSR count). The summed E-state index contributed by atoms with van der Waals surface area (Å²) in [6.07, 6.45) is 1.20. The van der Waals surface area contributed by atoms with Crippen LogP contribution < -0.4 is 9.79 Å². The van der Waals surface area contributed by atoms with Crippen LogP contribution in [0.2, 0.25) is 5.02 Å². The molecule has 0 spiro atoms. The highest BCUT2D eigenvalue weighted by Crippen LogP contribution is 2.27. The molecule has 1 aliphatic carbocycles. The van der Waals surface area contributed by atoms with Gasteiger partial charge in [-0.2, -0.15) is 0 Å². The number of anilines is 1. The van der Waals surface area contributed by atoms with E-state index < -0.39 is 26.9 Å². The average Bonchev–Trinajstić information content (AvgIpc) is 3.34. The van der Waals surface area contributed by atoms with Crippen LogP contribution in [0.5, 0.6) is 0 Å². The highest BCUT2D eigenvalue weighted by atomic mass is 35.5. The molecule has 1 aliphatic rings. The van der Waals surface area contributed by atoms with E-state index in [1.807, 2.05) is 0 Å². The van der Waals surface area contributed by atoms with Gasteiger partial charge in [0.2, 0.25) is 10.0 Å². The SMILES string of the molecule is N=C(c1nonc1CNS(=O)(=O)C1CC1)N(O)c1ccc(F)c(Cl)c1. The summed E-state index contributed by atoms with van der Waals surface area (Å²) in [6, 6.07) is 3.35. The van der Waals surface area contributed by atoms with Crippen LogP contribution in [-0.4, -0.2) is 35.0 Å². The van der Waals surface area contributed by atoms with E-state index >= 15 is 0 Å². The molecular formula is C13H13ClFN5O4S. The summed E-state index contributed by atoms with van der Waals surface area (Å²) in [5.41, 5.74) is -0.119. The van der Waals surface area contributed by atoms with Gasteiger partial charge in [0, 0.05) is 0 Å². The first kappa shape index (κ1) is 17.7. The molecule has 1 saturated carbocycles. The van der Waals surface area contributed by atoms with Crippen LogP contribution in [-0.2, 0) is 16.6 Å². The average molecular weight is 390 g/mol. The van der Waals surface area contributed by atoms with Crippen molar-refractivity contribution in [3.63, 3.8) is 0 Å². The second-order valence-corrected chi connectivity index (χ2v) is 7.84. The molecular weight excluding hydrogens is 377 g/mol. The van der Waals surface area contributed by atoms with Crippen molar-refractivity contribution in [3.8, 4) is 0 Å². The molecule has 0 radical (unpaired) electrons. The van der Waals surface area contributed by atoms with Gasteiger partial charge in [-0.15, -0.1) is 0 Å². The molecule has 0 amide bonds. The molecule has 2 aromatic rings. The quantitative estimate of drug-likeness (QED) is 0.388. The Morgan fingerprint density at radius 2 is 2.20 bits per heavy atom. The predicted octanol–water partition coefficient (Wildman–Crippen LogP) is 1.67. The number of hydrogen-bond donors (Lipinski definition) is 3.